The van der Waals surface area contributed by atoms with Crippen molar-refractivity contribution in [2.45, 2.75) is 45.4 Å². The van der Waals surface area contributed by atoms with Crippen molar-refractivity contribution < 1.29 is 13.9 Å². The Morgan fingerprint density at radius 2 is 1.81 bits per heavy atom. The van der Waals surface area contributed by atoms with Gasteiger partial charge in [0.05, 0.1) is 7.11 Å². The second-order valence-electron chi connectivity index (χ2n) is 5.80. The molecule has 0 saturated carbocycles. The van der Waals surface area contributed by atoms with Crippen LogP contribution in [0.15, 0.2) is 29.3 Å². The summed E-state index contributed by atoms with van der Waals surface area (Å²) in [4.78, 5) is 15.6. The summed E-state index contributed by atoms with van der Waals surface area (Å²) >= 11 is 0. The third-order valence-electron chi connectivity index (χ3n) is 3.75. The highest BCUT2D eigenvalue weighted by molar-refractivity contribution is 14.0. The first-order valence-electron chi connectivity index (χ1n) is 8.99. The summed E-state index contributed by atoms with van der Waals surface area (Å²) in [5.74, 6) is 0.454. The van der Waals surface area contributed by atoms with E-state index in [1.807, 2.05) is 6.92 Å². The van der Waals surface area contributed by atoms with Crippen molar-refractivity contribution in [1.82, 2.24) is 10.6 Å². The monoisotopic (exact) mass is 479 g/mol. The fourth-order valence-corrected chi connectivity index (χ4v) is 2.35. The topological polar surface area (TPSA) is 62.7 Å². The molecular weight excluding hydrogens is 448 g/mol. The molecule has 7 heteroatoms. The van der Waals surface area contributed by atoms with E-state index in [2.05, 4.69) is 20.4 Å². The van der Waals surface area contributed by atoms with Crippen LogP contribution < -0.4 is 10.6 Å². The predicted molar refractivity (Wildman–Crippen MR) is 115 cm³/mol. The summed E-state index contributed by atoms with van der Waals surface area (Å²) < 4.78 is 17.5. The zero-order chi connectivity index (χ0) is 18.3. The number of esters is 1. The lowest BCUT2D eigenvalue weighted by Gasteiger charge is -2.11. The number of methoxy groups -OCH3 is 1. The Bertz CT molecular complexity index is 524. The maximum absolute atomic E-state index is 12.9. The SMILES string of the molecule is CCNC(=NCCCCCCC(=O)OC)NCCc1ccc(F)cc1.I. The Morgan fingerprint density at radius 3 is 2.46 bits per heavy atom. The average molecular weight is 479 g/mol. The molecule has 0 aliphatic rings. The minimum Gasteiger partial charge on any atom is -0.469 e. The van der Waals surface area contributed by atoms with Crippen LogP contribution in [0.4, 0.5) is 4.39 Å². The molecule has 0 unspecified atom stereocenters. The van der Waals surface area contributed by atoms with Crippen LogP contribution in [0.5, 0.6) is 0 Å². The maximum Gasteiger partial charge on any atom is 0.305 e. The van der Waals surface area contributed by atoms with E-state index in [1.54, 1.807) is 12.1 Å². The van der Waals surface area contributed by atoms with E-state index >= 15 is 0 Å². The number of nitrogens with one attached hydrogen (secondary N) is 2. The summed E-state index contributed by atoms with van der Waals surface area (Å²) in [5.41, 5.74) is 1.09. The fraction of sp³-hybridized carbons (Fsp3) is 0.579. The minimum atomic E-state index is -0.210. The summed E-state index contributed by atoms with van der Waals surface area (Å²) in [7, 11) is 1.42. The number of carbonyl (C=O) groups excluding carboxylic acids is 1. The molecule has 0 heterocycles. The van der Waals surface area contributed by atoms with E-state index in [1.165, 1.54) is 19.2 Å². The van der Waals surface area contributed by atoms with E-state index in [9.17, 15) is 9.18 Å². The van der Waals surface area contributed by atoms with E-state index in [-0.39, 0.29) is 35.8 Å². The molecule has 0 atom stereocenters. The van der Waals surface area contributed by atoms with Gasteiger partial charge in [0.15, 0.2) is 5.96 Å². The summed E-state index contributed by atoms with van der Waals surface area (Å²) in [5, 5.41) is 6.51. The highest BCUT2D eigenvalue weighted by Gasteiger charge is 2.00. The smallest absolute Gasteiger partial charge is 0.305 e. The van der Waals surface area contributed by atoms with Crippen LogP contribution in [0.25, 0.3) is 0 Å². The molecule has 1 aromatic carbocycles. The molecule has 0 bridgehead atoms. The van der Waals surface area contributed by atoms with Gasteiger partial charge in [-0.1, -0.05) is 25.0 Å². The van der Waals surface area contributed by atoms with Gasteiger partial charge in [0.2, 0.25) is 0 Å². The number of carbonyl (C=O) groups is 1. The van der Waals surface area contributed by atoms with Crippen molar-refractivity contribution in [2.75, 3.05) is 26.7 Å². The molecule has 1 rings (SSSR count). The van der Waals surface area contributed by atoms with Gasteiger partial charge in [0, 0.05) is 26.1 Å². The van der Waals surface area contributed by atoms with Crippen LogP contribution in [0.3, 0.4) is 0 Å². The Kier molecular flexibility index (Phi) is 15.0. The number of aliphatic imine (C=N–C) groups is 1. The second kappa shape index (κ2) is 15.8. The van der Waals surface area contributed by atoms with Crippen molar-refractivity contribution in [1.29, 1.82) is 0 Å². The molecule has 0 aromatic heterocycles. The summed E-state index contributed by atoms with van der Waals surface area (Å²) in [6.45, 7) is 4.34. The van der Waals surface area contributed by atoms with Gasteiger partial charge in [0.1, 0.15) is 5.82 Å². The molecule has 5 nitrogen and oxygen atoms in total. The van der Waals surface area contributed by atoms with Gasteiger partial charge in [-0.25, -0.2) is 4.39 Å². The molecule has 0 amide bonds. The van der Waals surface area contributed by atoms with Crippen LogP contribution in [-0.4, -0.2) is 38.7 Å². The second-order valence-corrected chi connectivity index (χ2v) is 5.80. The van der Waals surface area contributed by atoms with Crippen molar-refractivity contribution in [3.63, 3.8) is 0 Å². The minimum absolute atomic E-state index is 0. The van der Waals surface area contributed by atoms with Crippen molar-refractivity contribution in [2.24, 2.45) is 4.99 Å². The zero-order valence-electron chi connectivity index (χ0n) is 15.7. The van der Waals surface area contributed by atoms with Gasteiger partial charge in [0.25, 0.3) is 0 Å². The number of unbranched alkanes of at least 4 members (excludes halogenated alkanes) is 3. The van der Waals surface area contributed by atoms with E-state index in [0.29, 0.717) is 6.42 Å². The van der Waals surface area contributed by atoms with Crippen LogP contribution in [0.2, 0.25) is 0 Å². The average Bonchev–Trinajstić information content (AvgIpc) is 2.62. The van der Waals surface area contributed by atoms with E-state index in [0.717, 1.165) is 63.3 Å². The van der Waals surface area contributed by atoms with E-state index in [4.69, 9.17) is 0 Å². The number of ether oxygens (including phenoxy) is 1. The van der Waals surface area contributed by atoms with Crippen LogP contribution >= 0.6 is 24.0 Å². The third-order valence-corrected chi connectivity index (χ3v) is 3.75. The highest BCUT2D eigenvalue weighted by Crippen LogP contribution is 2.04. The number of rotatable bonds is 11. The maximum atomic E-state index is 12.9. The molecule has 2 N–H and O–H groups in total. The fourth-order valence-electron chi connectivity index (χ4n) is 2.35. The Morgan fingerprint density at radius 1 is 1.12 bits per heavy atom. The number of guanidine groups is 1. The Hall–Kier alpha value is -1.38. The van der Waals surface area contributed by atoms with Crippen LogP contribution in [0.1, 0.15) is 44.6 Å². The first-order valence-corrected chi connectivity index (χ1v) is 8.99. The van der Waals surface area contributed by atoms with Crippen molar-refractivity contribution in [3.05, 3.63) is 35.6 Å². The molecular formula is C19H31FIN3O2. The van der Waals surface area contributed by atoms with Gasteiger partial charge in [-0.05, 0) is 43.9 Å². The summed E-state index contributed by atoms with van der Waals surface area (Å²) in [6, 6.07) is 6.56. The number of benzene rings is 1. The van der Waals surface area contributed by atoms with Gasteiger partial charge < -0.3 is 15.4 Å². The predicted octanol–water partition coefficient (Wildman–Crippen LogP) is 3.66. The highest BCUT2D eigenvalue weighted by atomic mass is 127. The molecule has 148 valence electrons. The van der Waals surface area contributed by atoms with Crippen molar-refractivity contribution >= 4 is 35.9 Å². The number of hydrogen-bond acceptors (Lipinski definition) is 3. The molecule has 26 heavy (non-hydrogen) atoms. The third kappa shape index (κ3) is 12.1. The van der Waals surface area contributed by atoms with Gasteiger partial charge in [-0.15, -0.1) is 24.0 Å². The molecule has 0 fully saturated rings. The quantitative estimate of drug-likeness (QED) is 0.167. The van der Waals surface area contributed by atoms with Gasteiger partial charge >= 0.3 is 5.97 Å². The first kappa shape index (κ1) is 24.6. The summed E-state index contributed by atoms with van der Waals surface area (Å²) in [6.07, 6.45) is 5.24. The van der Waals surface area contributed by atoms with Crippen molar-refractivity contribution in [3.8, 4) is 0 Å². The normalized spacial score (nSPS) is 10.8. The number of hydrogen-bond donors (Lipinski definition) is 2. The Labute approximate surface area is 173 Å². The molecule has 0 saturated heterocycles. The molecule has 0 aliphatic carbocycles. The molecule has 0 radical (unpaired) electrons. The van der Waals surface area contributed by atoms with Crippen LogP contribution in [-0.2, 0) is 16.0 Å². The first-order chi connectivity index (χ1) is 12.2. The molecule has 0 spiro atoms. The largest absolute Gasteiger partial charge is 0.469 e. The lowest BCUT2D eigenvalue weighted by Crippen LogP contribution is -2.38. The molecule has 1 aromatic rings. The lowest BCUT2D eigenvalue weighted by atomic mass is 10.1. The van der Waals surface area contributed by atoms with E-state index < -0.39 is 0 Å². The standard InChI is InChI=1S/C19H30FN3O2.HI/c1-3-21-19(22-14-7-5-4-6-8-18(24)25-2)23-15-13-16-9-11-17(20)12-10-16;/h9-12H,3-8,13-15H2,1-2H3,(H2,21,22,23);1H. The lowest BCUT2D eigenvalue weighted by molar-refractivity contribution is -0.140. The number of halogens is 2. The van der Waals surface area contributed by atoms with Gasteiger partial charge in [-0.2, -0.15) is 0 Å². The number of nitrogens with zero attached hydrogens (tertiary/aromatic N) is 1. The zero-order valence-corrected chi connectivity index (χ0v) is 18.1. The van der Waals surface area contributed by atoms with Gasteiger partial charge in [-0.3, -0.25) is 9.79 Å². The Balaban J connectivity index is 0.00000625. The van der Waals surface area contributed by atoms with Crippen LogP contribution in [0, 0.1) is 5.82 Å². The molecule has 0 aliphatic heterocycles.